The molecule has 0 saturated carbocycles. The van der Waals surface area contributed by atoms with Gasteiger partial charge in [0.15, 0.2) is 0 Å². The fourth-order valence-electron chi connectivity index (χ4n) is 2.15. The van der Waals surface area contributed by atoms with E-state index >= 15 is 0 Å². The molecule has 1 saturated heterocycles. The Balaban J connectivity index is 1.91. The van der Waals surface area contributed by atoms with Gasteiger partial charge in [0.1, 0.15) is 0 Å². The van der Waals surface area contributed by atoms with E-state index in [2.05, 4.69) is 34.8 Å². The zero-order valence-corrected chi connectivity index (χ0v) is 10.0. The Bertz CT molecular complexity index is 299. The van der Waals surface area contributed by atoms with Crippen molar-refractivity contribution < 1.29 is 0 Å². The first-order valence-corrected chi connectivity index (χ1v) is 6.28. The van der Waals surface area contributed by atoms with Crippen molar-refractivity contribution in [2.45, 2.75) is 18.5 Å². The number of nitrogens with zero attached hydrogens (tertiary/aromatic N) is 1. The average molecular weight is 225 g/mol. The predicted molar refractivity (Wildman–Crippen MR) is 65.1 cm³/mol. The quantitative estimate of drug-likeness (QED) is 0.799. The van der Waals surface area contributed by atoms with E-state index in [0.29, 0.717) is 0 Å². The van der Waals surface area contributed by atoms with Gasteiger partial charge >= 0.3 is 0 Å². The van der Waals surface area contributed by atoms with E-state index in [-0.39, 0.29) is 5.54 Å². The Hall–Kier alpha value is -0.420. The van der Waals surface area contributed by atoms with Crippen LogP contribution in [0.2, 0.25) is 0 Å². The van der Waals surface area contributed by atoms with Gasteiger partial charge in [-0.25, -0.2) is 0 Å². The molecular formula is C11H19N3S. The van der Waals surface area contributed by atoms with Crippen LogP contribution < -0.4 is 11.1 Å². The van der Waals surface area contributed by atoms with Gasteiger partial charge in [-0.3, -0.25) is 0 Å². The molecule has 0 amide bonds. The molecule has 0 aromatic carbocycles. The van der Waals surface area contributed by atoms with E-state index in [1.807, 2.05) is 0 Å². The van der Waals surface area contributed by atoms with Crippen LogP contribution in [0.5, 0.6) is 0 Å². The van der Waals surface area contributed by atoms with E-state index in [4.69, 9.17) is 5.73 Å². The molecule has 2 rings (SSSR count). The van der Waals surface area contributed by atoms with Crippen molar-refractivity contribution >= 4 is 11.3 Å². The van der Waals surface area contributed by atoms with Crippen LogP contribution in [0, 0.1) is 0 Å². The lowest BCUT2D eigenvalue weighted by Crippen LogP contribution is -2.52. The first-order valence-electron chi connectivity index (χ1n) is 5.40. The van der Waals surface area contributed by atoms with Crippen LogP contribution in [0.15, 0.2) is 17.5 Å². The summed E-state index contributed by atoms with van der Waals surface area (Å²) in [6, 6.07) is 4.26. The first kappa shape index (κ1) is 11.1. The van der Waals surface area contributed by atoms with Crippen molar-refractivity contribution in [3.05, 3.63) is 22.4 Å². The molecule has 3 N–H and O–H groups in total. The Morgan fingerprint density at radius 1 is 1.67 bits per heavy atom. The van der Waals surface area contributed by atoms with Gasteiger partial charge in [-0.1, -0.05) is 6.07 Å². The van der Waals surface area contributed by atoms with Gasteiger partial charge in [0, 0.05) is 30.1 Å². The van der Waals surface area contributed by atoms with Crippen molar-refractivity contribution in [2.75, 3.05) is 26.7 Å². The van der Waals surface area contributed by atoms with E-state index < -0.39 is 0 Å². The Kier molecular flexibility index (Phi) is 3.41. The fraction of sp³-hybridized carbons (Fsp3) is 0.636. The topological polar surface area (TPSA) is 41.3 Å². The number of nitrogens with one attached hydrogen (secondary N) is 1. The maximum Gasteiger partial charge on any atom is 0.0447 e. The highest BCUT2D eigenvalue weighted by molar-refractivity contribution is 7.09. The maximum absolute atomic E-state index is 5.88. The molecule has 1 aliphatic heterocycles. The van der Waals surface area contributed by atoms with Crippen LogP contribution in [-0.2, 0) is 6.54 Å². The fourth-order valence-corrected chi connectivity index (χ4v) is 2.80. The third-order valence-electron chi connectivity index (χ3n) is 3.15. The molecular weight excluding hydrogens is 206 g/mol. The van der Waals surface area contributed by atoms with Crippen LogP contribution in [0.3, 0.4) is 0 Å². The summed E-state index contributed by atoms with van der Waals surface area (Å²) in [4.78, 5) is 3.73. The molecule has 0 aliphatic carbocycles. The summed E-state index contributed by atoms with van der Waals surface area (Å²) in [5, 5.41) is 5.74. The Morgan fingerprint density at radius 2 is 2.53 bits per heavy atom. The third-order valence-corrected chi connectivity index (χ3v) is 4.03. The summed E-state index contributed by atoms with van der Waals surface area (Å²) in [6.45, 7) is 3.88. The number of likely N-dealkylation sites (tertiary alicyclic amines) is 1. The zero-order valence-electron chi connectivity index (χ0n) is 9.20. The smallest absolute Gasteiger partial charge is 0.0447 e. The molecule has 1 atom stereocenters. The van der Waals surface area contributed by atoms with Crippen molar-refractivity contribution in [3.8, 4) is 0 Å². The van der Waals surface area contributed by atoms with E-state index in [1.165, 1.54) is 4.88 Å². The molecule has 3 nitrogen and oxygen atoms in total. The number of thiophene rings is 1. The number of nitrogens with two attached hydrogens (primary N) is 1. The molecule has 2 heterocycles. The first-order chi connectivity index (χ1) is 7.24. The number of rotatable bonds is 4. The van der Waals surface area contributed by atoms with Crippen LogP contribution in [0.4, 0.5) is 0 Å². The van der Waals surface area contributed by atoms with E-state index in [0.717, 1.165) is 32.6 Å². The summed E-state index contributed by atoms with van der Waals surface area (Å²) >= 11 is 1.80. The van der Waals surface area contributed by atoms with Gasteiger partial charge in [-0.2, -0.15) is 0 Å². The largest absolute Gasteiger partial charge is 0.329 e. The number of hydrogen-bond acceptors (Lipinski definition) is 4. The van der Waals surface area contributed by atoms with Gasteiger partial charge in [0.05, 0.1) is 0 Å². The molecule has 4 heteroatoms. The number of likely N-dealkylation sites (N-methyl/N-ethyl adjacent to an activating group) is 1. The molecule has 1 aliphatic rings. The van der Waals surface area contributed by atoms with Crippen molar-refractivity contribution in [3.63, 3.8) is 0 Å². The average Bonchev–Trinajstić information content (AvgIpc) is 2.85. The summed E-state index contributed by atoms with van der Waals surface area (Å²) in [7, 11) is 2.16. The zero-order chi connectivity index (χ0) is 10.7. The molecule has 1 unspecified atom stereocenters. The van der Waals surface area contributed by atoms with Crippen LogP contribution in [-0.4, -0.2) is 37.1 Å². The minimum atomic E-state index is 0.138. The predicted octanol–water partition coefficient (Wildman–Crippen LogP) is 0.871. The number of hydrogen-bond donors (Lipinski definition) is 2. The van der Waals surface area contributed by atoms with Gasteiger partial charge in [0.25, 0.3) is 0 Å². The second kappa shape index (κ2) is 4.61. The lowest BCUT2D eigenvalue weighted by atomic mass is 9.99. The second-order valence-electron chi connectivity index (χ2n) is 4.41. The molecule has 1 aromatic heterocycles. The molecule has 0 spiro atoms. The van der Waals surface area contributed by atoms with Crippen molar-refractivity contribution in [1.82, 2.24) is 10.2 Å². The standard InChI is InChI=1S/C11H19N3S/c1-14-5-4-11(8-12,9-14)13-7-10-3-2-6-15-10/h2-3,6,13H,4-5,7-9,12H2,1H3. The summed E-state index contributed by atoms with van der Waals surface area (Å²) in [5.74, 6) is 0. The van der Waals surface area contributed by atoms with Crippen LogP contribution in [0.25, 0.3) is 0 Å². The summed E-state index contributed by atoms with van der Waals surface area (Å²) in [5.41, 5.74) is 6.02. The van der Waals surface area contributed by atoms with Gasteiger partial charge in [-0.05, 0) is 31.5 Å². The molecule has 84 valence electrons. The maximum atomic E-state index is 5.88. The third kappa shape index (κ3) is 2.58. The van der Waals surface area contributed by atoms with Crippen molar-refractivity contribution in [1.29, 1.82) is 0 Å². The van der Waals surface area contributed by atoms with E-state index in [9.17, 15) is 0 Å². The highest BCUT2D eigenvalue weighted by atomic mass is 32.1. The van der Waals surface area contributed by atoms with E-state index in [1.54, 1.807) is 11.3 Å². The molecule has 0 bridgehead atoms. The molecule has 15 heavy (non-hydrogen) atoms. The minimum absolute atomic E-state index is 0.138. The lowest BCUT2D eigenvalue weighted by molar-refractivity contribution is 0.316. The molecule has 1 aromatic rings. The van der Waals surface area contributed by atoms with Crippen LogP contribution in [0.1, 0.15) is 11.3 Å². The SMILES string of the molecule is CN1CCC(CN)(NCc2cccs2)C1. The molecule has 1 fully saturated rings. The van der Waals surface area contributed by atoms with Gasteiger partial charge < -0.3 is 16.0 Å². The molecule has 0 radical (unpaired) electrons. The van der Waals surface area contributed by atoms with Gasteiger partial charge in [-0.15, -0.1) is 11.3 Å². The summed E-state index contributed by atoms with van der Waals surface area (Å²) < 4.78 is 0. The van der Waals surface area contributed by atoms with Gasteiger partial charge in [0.2, 0.25) is 0 Å². The second-order valence-corrected chi connectivity index (χ2v) is 5.44. The highest BCUT2D eigenvalue weighted by Crippen LogP contribution is 2.20. The minimum Gasteiger partial charge on any atom is -0.329 e. The van der Waals surface area contributed by atoms with Crippen LogP contribution >= 0.6 is 11.3 Å². The Morgan fingerprint density at radius 3 is 3.07 bits per heavy atom. The summed E-state index contributed by atoms with van der Waals surface area (Å²) in [6.07, 6.45) is 1.16. The normalized spacial score (nSPS) is 27.3. The monoisotopic (exact) mass is 225 g/mol. The Labute approximate surface area is 95.3 Å². The van der Waals surface area contributed by atoms with Crippen molar-refractivity contribution in [2.24, 2.45) is 5.73 Å². The lowest BCUT2D eigenvalue weighted by Gasteiger charge is -2.28. The highest BCUT2D eigenvalue weighted by Gasteiger charge is 2.34.